The topological polar surface area (TPSA) is 49.9 Å². The van der Waals surface area contributed by atoms with Crippen molar-refractivity contribution in [3.63, 3.8) is 0 Å². The number of nitrogens with zero attached hydrogens (tertiary/aromatic N) is 2. The highest BCUT2D eigenvalue weighted by atomic mass is 16.5. The fourth-order valence-electron chi connectivity index (χ4n) is 3.69. The van der Waals surface area contributed by atoms with Gasteiger partial charge in [-0.2, -0.15) is 0 Å². The number of carbonyl (C=O) groups is 2. The van der Waals surface area contributed by atoms with Gasteiger partial charge in [0.1, 0.15) is 6.61 Å². The Balaban J connectivity index is 1.91. The second-order valence-corrected chi connectivity index (χ2v) is 7.71. The van der Waals surface area contributed by atoms with Gasteiger partial charge in [0.15, 0.2) is 6.10 Å². The van der Waals surface area contributed by atoms with E-state index in [1.165, 1.54) is 0 Å². The zero-order valence-corrected chi connectivity index (χ0v) is 14.9. The number of carbonyl (C=O) groups excluding carboxylic acids is 2. The molecule has 0 spiro atoms. The lowest BCUT2D eigenvalue weighted by Crippen LogP contribution is -2.53. The van der Waals surface area contributed by atoms with Gasteiger partial charge in [-0.05, 0) is 29.9 Å². The maximum Gasteiger partial charge on any atom is 0.254 e. The maximum absolute atomic E-state index is 13.1. The van der Waals surface area contributed by atoms with E-state index in [1.807, 2.05) is 36.1 Å². The molecule has 0 bridgehead atoms. The first-order chi connectivity index (χ1) is 11.3. The van der Waals surface area contributed by atoms with E-state index in [4.69, 9.17) is 4.74 Å². The van der Waals surface area contributed by atoms with Crippen molar-refractivity contribution < 1.29 is 14.3 Å². The van der Waals surface area contributed by atoms with Crippen LogP contribution in [-0.4, -0.2) is 54.5 Å². The molecule has 2 heterocycles. The molecule has 2 fully saturated rings. The van der Waals surface area contributed by atoms with Crippen LogP contribution in [0.5, 0.6) is 0 Å². The van der Waals surface area contributed by atoms with E-state index in [2.05, 4.69) is 13.8 Å². The second kappa shape index (κ2) is 6.20. The molecule has 5 heteroatoms. The molecule has 3 rings (SSSR count). The zero-order chi connectivity index (χ0) is 17.5. The molecule has 0 unspecified atom stereocenters. The van der Waals surface area contributed by atoms with Gasteiger partial charge in [0, 0.05) is 20.1 Å². The Kier molecular flexibility index (Phi) is 4.38. The third-order valence-corrected chi connectivity index (χ3v) is 5.22. The Bertz CT molecular complexity index is 656. The molecule has 1 aromatic rings. The predicted molar refractivity (Wildman–Crippen MR) is 91.4 cm³/mol. The number of benzene rings is 1. The van der Waals surface area contributed by atoms with E-state index in [-0.39, 0.29) is 29.9 Å². The van der Waals surface area contributed by atoms with Crippen LogP contribution in [0.1, 0.15) is 37.4 Å². The molecule has 2 aliphatic heterocycles. The van der Waals surface area contributed by atoms with Gasteiger partial charge in [-0.1, -0.05) is 38.1 Å². The monoisotopic (exact) mass is 330 g/mol. The van der Waals surface area contributed by atoms with Crippen LogP contribution in [0.2, 0.25) is 0 Å². The lowest BCUT2D eigenvalue weighted by Gasteiger charge is -2.40. The molecule has 2 amide bonds. The van der Waals surface area contributed by atoms with E-state index >= 15 is 0 Å². The van der Waals surface area contributed by atoms with E-state index in [0.29, 0.717) is 0 Å². The van der Waals surface area contributed by atoms with Crippen molar-refractivity contribution in [2.45, 2.75) is 39.3 Å². The number of hydrogen-bond donors (Lipinski definition) is 0. The molecule has 0 radical (unpaired) electrons. The van der Waals surface area contributed by atoms with E-state index in [1.54, 1.807) is 11.9 Å². The van der Waals surface area contributed by atoms with E-state index in [9.17, 15) is 9.59 Å². The molecular weight excluding hydrogens is 304 g/mol. The summed E-state index contributed by atoms with van der Waals surface area (Å²) in [6.45, 7) is 7.82. The van der Waals surface area contributed by atoms with Crippen LogP contribution < -0.4 is 0 Å². The van der Waals surface area contributed by atoms with Crippen LogP contribution >= 0.6 is 0 Å². The highest BCUT2D eigenvalue weighted by molar-refractivity contribution is 5.86. The molecule has 0 N–H and O–H groups in total. The van der Waals surface area contributed by atoms with Crippen molar-refractivity contribution in [2.75, 3.05) is 26.7 Å². The smallest absolute Gasteiger partial charge is 0.254 e. The van der Waals surface area contributed by atoms with Gasteiger partial charge in [-0.15, -0.1) is 0 Å². The zero-order valence-electron chi connectivity index (χ0n) is 14.9. The van der Waals surface area contributed by atoms with Gasteiger partial charge in [0.2, 0.25) is 5.91 Å². The molecule has 5 nitrogen and oxygen atoms in total. The molecule has 1 aromatic carbocycles. The standard InChI is InChI=1S/C19H26N2O3/c1-13-7-5-6-8-14(13)16-17(24-11-15(22)20(16)4)18(23)21-10-9-19(2,3)12-21/h5-8,16-17H,9-12H2,1-4H3/t16-,17+/m1/s1. The molecule has 0 saturated carbocycles. The number of ether oxygens (including phenoxy) is 1. The van der Waals surface area contributed by atoms with Crippen LogP contribution in [-0.2, 0) is 14.3 Å². The number of hydrogen-bond acceptors (Lipinski definition) is 3. The minimum Gasteiger partial charge on any atom is -0.356 e. The highest BCUT2D eigenvalue weighted by Crippen LogP contribution is 2.35. The summed E-state index contributed by atoms with van der Waals surface area (Å²) >= 11 is 0. The molecule has 2 saturated heterocycles. The summed E-state index contributed by atoms with van der Waals surface area (Å²) in [5.74, 6) is -0.0952. The van der Waals surface area contributed by atoms with Crippen molar-refractivity contribution in [3.8, 4) is 0 Å². The van der Waals surface area contributed by atoms with Gasteiger partial charge in [-0.25, -0.2) is 0 Å². The number of morpholine rings is 1. The third-order valence-electron chi connectivity index (χ3n) is 5.22. The summed E-state index contributed by atoms with van der Waals surface area (Å²) in [4.78, 5) is 28.8. The number of likely N-dealkylation sites (N-methyl/N-ethyl adjacent to an activating group) is 1. The Morgan fingerprint density at radius 3 is 2.62 bits per heavy atom. The van der Waals surface area contributed by atoms with Crippen molar-refractivity contribution in [3.05, 3.63) is 35.4 Å². The van der Waals surface area contributed by atoms with E-state index < -0.39 is 6.10 Å². The first-order valence-electron chi connectivity index (χ1n) is 8.52. The molecular formula is C19H26N2O3. The van der Waals surface area contributed by atoms with Crippen molar-refractivity contribution >= 4 is 11.8 Å². The molecule has 130 valence electrons. The number of amides is 2. The van der Waals surface area contributed by atoms with Crippen LogP contribution in [0.15, 0.2) is 24.3 Å². The summed E-state index contributed by atoms with van der Waals surface area (Å²) < 4.78 is 5.74. The molecule has 2 atom stereocenters. The summed E-state index contributed by atoms with van der Waals surface area (Å²) in [7, 11) is 1.76. The van der Waals surface area contributed by atoms with Crippen LogP contribution in [0.25, 0.3) is 0 Å². The average Bonchev–Trinajstić information content (AvgIpc) is 2.90. The van der Waals surface area contributed by atoms with Gasteiger partial charge < -0.3 is 14.5 Å². The van der Waals surface area contributed by atoms with Gasteiger partial charge in [-0.3, -0.25) is 9.59 Å². The number of likely N-dealkylation sites (tertiary alicyclic amines) is 1. The van der Waals surface area contributed by atoms with Gasteiger partial charge >= 0.3 is 0 Å². The fraction of sp³-hybridized carbons (Fsp3) is 0.579. The van der Waals surface area contributed by atoms with Crippen LogP contribution in [0, 0.1) is 12.3 Å². The Morgan fingerprint density at radius 1 is 1.29 bits per heavy atom. The molecule has 0 aliphatic carbocycles. The minimum absolute atomic E-state index is 0.00632. The SMILES string of the molecule is Cc1ccccc1[C@@H]1[C@@H](C(=O)N2CCC(C)(C)C2)OCC(=O)N1C. The lowest BCUT2D eigenvalue weighted by molar-refractivity contribution is -0.167. The van der Waals surface area contributed by atoms with Crippen molar-refractivity contribution in [1.29, 1.82) is 0 Å². The lowest BCUT2D eigenvalue weighted by atomic mass is 9.92. The number of rotatable bonds is 2. The summed E-state index contributed by atoms with van der Waals surface area (Å²) in [5.41, 5.74) is 2.18. The minimum atomic E-state index is -0.636. The summed E-state index contributed by atoms with van der Waals surface area (Å²) in [6, 6.07) is 7.51. The molecule has 24 heavy (non-hydrogen) atoms. The van der Waals surface area contributed by atoms with Crippen LogP contribution in [0.4, 0.5) is 0 Å². The van der Waals surface area contributed by atoms with Gasteiger partial charge in [0.05, 0.1) is 6.04 Å². The largest absolute Gasteiger partial charge is 0.356 e. The molecule has 0 aromatic heterocycles. The third kappa shape index (κ3) is 3.05. The quantitative estimate of drug-likeness (QED) is 0.835. The Hall–Kier alpha value is -1.88. The van der Waals surface area contributed by atoms with Crippen molar-refractivity contribution in [1.82, 2.24) is 9.80 Å². The highest BCUT2D eigenvalue weighted by Gasteiger charge is 2.44. The Morgan fingerprint density at radius 2 is 2.00 bits per heavy atom. The average molecular weight is 330 g/mol. The van der Waals surface area contributed by atoms with Crippen LogP contribution in [0.3, 0.4) is 0 Å². The maximum atomic E-state index is 13.1. The summed E-state index contributed by atoms with van der Waals surface area (Å²) in [6.07, 6.45) is 0.359. The summed E-state index contributed by atoms with van der Waals surface area (Å²) in [5, 5.41) is 0. The van der Waals surface area contributed by atoms with Crippen molar-refractivity contribution in [2.24, 2.45) is 5.41 Å². The number of aryl methyl sites for hydroxylation is 1. The normalized spacial score (nSPS) is 26.8. The second-order valence-electron chi connectivity index (χ2n) is 7.71. The predicted octanol–water partition coefficient (Wildman–Crippen LogP) is 2.15. The Labute approximate surface area is 143 Å². The van der Waals surface area contributed by atoms with E-state index in [0.717, 1.165) is 30.6 Å². The fourth-order valence-corrected chi connectivity index (χ4v) is 3.69. The first kappa shape index (κ1) is 17.0. The van der Waals surface area contributed by atoms with Gasteiger partial charge in [0.25, 0.3) is 5.91 Å². The first-order valence-corrected chi connectivity index (χ1v) is 8.52. The molecule has 2 aliphatic rings.